The van der Waals surface area contributed by atoms with E-state index in [4.69, 9.17) is 27.9 Å². The fraction of sp³-hybridized carbons (Fsp3) is 0.188. The number of nitrogens with one attached hydrogen (secondary N) is 2. The molecule has 2 N–H and O–H groups in total. The Hall–Kier alpha value is -1.98. The summed E-state index contributed by atoms with van der Waals surface area (Å²) < 4.78 is 18.8. The average molecular weight is 357 g/mol. The van der Waals surface area contributed by atoms with E-state index in [-0.39, 0.29) is 17.3 Å². The van der Waals surface area contributed by atoms with Gasteiger partial charge in [-0.3, -0.25) is 4.79 Å². The van der Waals surface area contributed by atoms with Gasteiger partial charge in [0, 0.05) is 16.1 Å². The maximum absolute atomic E-state index is 13.6. The zero-order valence-electron chi connectivity index (χ0n) is 12.5. The van der Waals surface area contributed by atoms with Gasteiger partial charge in [-0.05, 0) is 36.8 Å². The van der Waals surface area contributed by atoms with E-state index in [1.54, 1.807) is 12.1 Å². The SMILES string of the molecule is COc1cc(Cl)c(C)cc1NCC(=O)Nc1ccc(Cl)cc1F. The van der Waals surface area contributed by atoms with Gasteiger partial charge in [0.15, 0.2) is 0 Å². The van der Waals surface area contributed by atoms with Gasteiger partial charge in [0.2, 0.25) is 5.91 Å². The van der Waals surface area contributed by atoms with Gasteiger partial charge in [0.25, 0.3) is 0 Å². The fourth-order valence-electron chi connectivity index (χ4n) is 1.93. The lowest BCUT2D eigenvalue weighted by atomic mass is 10.2. The maximum Gasteiger partial charge on any atom is 0.243 e. The Kier molecular flexibility index (Phi) is 5.69. The molecule has 7 heteroatoms. The second-order valence-electron chi connectivity index (χ2n) is 4.83. The first kappa shape index (κ1) is 17.4. The Balaban J connectivity index is 2.03. The van der Waals surface area contributed by atoms with Crippen LogP contribution >= 0.6 is 23.2 Å². The molecule has 0 aliphatic heterocycles. The number of halogens is 3. The van der Waals surface area contributed by atoms with Crippen LogP contribution in [0.4, 0.5) is 15.8 Å². The van der Waals surface area contributed by atoms with Crippen molar-refractivity contribution >= 4 is 40.5 Å². The summed E-state index contributed by atoms with van der Waals surface area (Å²) in [6.45, 7) is 1.79. The highest BCUT2D eigenvalue weighted by atomic mass is 35.5. The Morgan fingerprint density at radius 1 is 1.22 bits per heavy atom. The number of hydrogen-bond donors (Lipinski definition) is 2. The summed E-state index contributed by atoms with van der Waals surface area (Å²) in [6.07, 6.45) is 0. The second-order valence-corrected chi connectivity index (χ2v) is 5.67. The monoisotopic (exact) mass is 356 g/mol. The van der Waals surface area contributed by atoms with Crippen molar-refractivity contribution in [2.45, 2.75) is 6.92 Å². The van der Waals surface area contributed by atoms with E-state index >= 15 is 0 Å². The van der Waals surface area contributed by atoms with Gasteiger partial charge in [-0.25, -0.2) is 4.39 Å². The molecule has 0 heterocycles. The molecule has 1 amide bonds. The molecule has 0 unspecified atom stereocenters. The quantitative estimate of drug-likeness (QED) is 0.828. The molecule has 0 saturated carbocycles. The molecule has 0 spiro atoms. The third-order valence-corrected chi connectivity index (χ3v) is 3.77. The predicted octanol–water partition coefficient (Wildman–Crippen LogP) is 4.50. The zero-order chi connectivity index (χ0) is 17.0. The van der Waals surface area contributed by atoms with Crippen molar-refractivity contribution in [1.82, 2.24) is 0 Å². The third kappa shape index (κ3) is 4.50. The van der Waals surface area contributed by atoms with Crippen LogP contribution in [-0.4, -0.2) is 19.6 Å². The summed E-state index contributed by atoms with van der Waals surface area (Å²) in [4.78, 5) is 11.9. The number of carbonyl (C=O) groups excluding carboxylic acids is 1. The minimum atomic E-state index is -0.592. The summed E-state index contributed by atoms with van der Waals surface area (Å²) in [6, 6.07) is 7.48. The average Bonchev–Trinajstić information content (AvgIpc) is 2.50. The van der Waals surface area contributed by atoms with Crippen molar-refractivity contribution < 1.29 is 13.9 Å². The maximum atomic E-state index is 13.6. The molecule has 0 aromatic heterocycles. The van der Waals surface area contributed by atoms with E-state index in [9.17, 15) is 9.18 Å². The van der Waals surface area contributed by atoms with Crippen molar-refractivity contribution in [1.29, 1.82) is 0 Å². The van der Waals surface area contributed by atoms with Gasteiger partial charge >= 0.3 is 0 Å². The first-order valence-electron chi connectivity index (χ1n) is 6.73. The molecule has 4 nitrogen and oxygen atoms in total. The van der Waals surface area contributed by atoms with Gasteiger partial charge in [-0.15, -0.1) is 0 Å². The molecule has 2 aromatic carbocycles. The van der Waals surface area contributed by atoms with Crippen molar-refractivity contribution in [3.05, 3.63) is 51.8 Å². The van der Waals surface area contributed by atoms with Crippen LogP contribution < -0.4 is 15.4 Å². The summed E-state index contributed by atoms with van der Waals surface area (Å²) in [5.41, 5.74) is 1.54. The van der Waals surface area contributed by atoms with E-state index in [1.807, 2.05) is 6.92 Å². The molecule has 0 radical (unpaired) electrons. The number of benzene rings is 2. The van der Waals surface area contributed by atoms with E-state index in [2.05, 4.69) is 10.6 Å². The van der Waals surface area contributed by atoms with E-state index < -0.39 is 11.7 Å². The largest absolute Gasteiger partial charge is 0.495 e. The molecular formula is C16H15Cl2FN2O2. The summed E-state index contributed by atoms with van der Waals surface area (Å²) >= 11 is 11.7. The number of amides is 1. The Morgan fingerprint density at radius 2 is 1.96 bits per heavy atom. The number of ether oxygens (including phenoxy) is 1. The zero-order valence-corrected chi connectivity index (χ0v) is 14.1. The molecule has 0 aliphatic carbocycles. The van der Waals surface area contributed by atoms with Gasteiger partial charge in [-0.1, -0.05) is 23.2 Å². The molecule has 122 valence electrons. The first-order chi connectivity index (χ1) is 10.9. The minimum absolute atomic E-state index is 0.0561. The topological polar surface area (TPSA) is 50.4 Å². The third-order valence-electron chi connectivity index (χ3n) is 3.13. The van der Waals surface area contributed by atoms with Crippen LogP contribution in [0.1, 0.15) is 5.56 Å². The van der Waals surface area contributed by atoms with Crippen molar-refractivity contribution in [3.63, 3.8) is 0 Å². The Labute approximate surface area is 143 Å². The minimum Gasteiger partial charge on any atom is -0.495 e. The summed E-state index contributed by atoms with van der Waals surface area (Å²) in [5, 5.41) is 6.24. The van der Waals surface area contributed by atoms with Crippen LogP contribution in [0.25, 0.3) is 0 Å². The predicted molar refractivity (Wildman–Crippen MR) is 91.3 cm³/mol. The Morgan fingerprint density at radius 3 is 2.61 bits per heavy atom. The number of carbonyl (C=O) groups is 1. The summed E-state index contributed by atoms with van der Waals surface area (Å²) in [5.74, 6) is -0.474. The van der Waals surface area contributed by atoms with Crippen LogP contribution in [0.15, 0.2) is 30.3 Å². The van der Waals surface area contributed by atoms with Crippen LogP contribution in [0.5, 0.6) is 5.75 Å². The first-order valence-corrected chi connectivity index (χ1v) is 7.49. The molecule has 2 aromatic rings. The molecule has 0 atom stereocenters. The number of rotatable bonds is 5. The highest BCUT2D eigenvalue weighted by molar-refractivity contribution is 6.31. The standard InChI is InChI=1S/C16H15Cl2FN2O2/c1-9-5-14(15(23-2)7-11(9)18)20-8-16(22)21-13-4-3-10(17)6-12(13)19/h3-7,20H,8H2,1-2H3,(H,21,22). The van der Waals surface area contributed by atoms with E-state index in [0.29, 0.717) is 16.5 Å². The number of aryl methyl sites for hydroxylation is 1. The van der Waals surface area contributed by atoms with Crippen molar-refractivity contribution in [2.75, 3.05) is 24.3 Å². The van der Waals surface area contributed by atoms with Crippen LogP contribution in [0, 0.1) is 12.7 Å². The Bertz CT molecular complexity index is 738. The number of methoxy groups -OCH3 is 1. The van der Waals surface area contributed by atoms with Crippen molar-refractivity contribution in [3.8, 4) is 5.75 Å². The lowest BCUT2D eigenvalue weighted by Gasteiger charge is -2.13. The van der Waals surface area contributed by atoms with E-state index in [0.717, 1.165) is 11.6 Å². The highest BCUT2D eigenvalue weighted by Gasteiger charge is 2.10. The van der Waals surface area contributed by atoms with Gasteiger partial charge in [0.1, 0.15) is 11.6 Å². The molecule has 0 aliphatic rings. The normalized spacial score (nSPS) is 10.3. The summed E-state index contributed by atoms with van der Waals surface area (Å²) in [7, 11) is 1.51. The highest BCUT2D eigenvalue weighted by Crippen LogP contribution is 2.30. The van der Waals surface area contributed by atoms with E-state index in [1.165, 1.54) is 19.2 Å². The van der Waals surface area contributed by atoms with Gasteiger partial charge in [-0.2, -0.15) is 0 Å². The molecule has 0 fully saturated rings. The molecule has 2 rings (SSSR count). The molecular weight excluding hydrogens is 342 g/mol. The van der Waals surface area contributed by atoms with Gasteiger partial charge < -0.3 is 15.4 Å². The van der Waals surface area contributed by atoms with Crippen LogP contribution in [-0.2, 0) is 4.79 Å². The molecule has 23 heavy (non-hydrogen) atoms. The van der Waals surface area contributed by atoms with Crippen LogP contribution in [0.3, 0.4) is 0 Å². The second kappa shape index (κ2) is 7.53. The van der Waals surface area contributed by atoms with Crippen LogP contribution in [0.2, 0.25) is 10.0 Å². The smallest absolute Gasteiger partial charge is 0.243 e. The van der Waals surface area contributed by atoms with Gasteiger partial charge in [0.05, 0.1) is 25.0 Å². The fourth-order valence-corrected chi connectivity index (χ4v) is 2.24. The molecule has 0 bridgehead atoms. The lowest BCUT2D eigenvalue weighted by molar-refractivity contribution is -0.114. The van der Waals surface area contributed by atoms with Crippen molar-refractivity contribution in [2.24, 2.45) is 0 Å². The molecule has 0 saturated heterocycles. The number of hydrogen-bond acceptors (Lipinski definition) is 3. The lowest BCUT2D eigenvalue weighted by Crippen LogP contribution is -2.22. The number of anilines is 2.